The van der Waals surface area contributed by atoms with Crippen molar-refractivity contribution in [2.45, 2.75) is 64.6 Å². The molecule has 152 valence electrons. The van der Waals surface area contributed by atoms with E-state index in [-0.39, 0.29) is 12.0 Å². The molecule has 3 atom stereocenters. The van der Waals surface area contributed by atoms with Gasteiger partial charge in [-0.05, 0) is 56.7 Å². The number of halogens is 1. The van der Waals surface area contributed by atoms with Crippen LogP contribution in [0.3, 0.4) is 0 Å². The molecule has 0 bridgehead atoms. The molecule has 1 fully saturated rings. The lowest BCUT2D eigenvalue weighted by atomic mass is 9.78. The van der Waals surface area contributed by atoms with Crippen LogP contribution in [0.1, 0.15) is 52.9 Å². The van der Waals surface area contributed by atoms with Crippen LogP contribution in [0.2, 0.25) is 5.02 Å². The van der Waals surface area contributed by atoms with E-state index in [4.69, 9.17) is 25.8 Å². The fraction of sp³-hybridized carbons (Fsp3) is 0.667. The molecule has 0 unspecified atom stereocenters. The van der Waals surface area contributed by atoms with E-state index in [2.05, 4.69) is 19.2 Å². The summed E-state index contributed by atoms with van der Waals surface area (Å²) in [5.74, 6) is 0.963. The quantitative estimate of drug-likeness (QED) is 0.632. The monoisotopic (exact) mass is 397 g/mol. The number of hydrogen-bond donors (Lipinski definition) is 1. The standard InChI is InChI=1S/C21H32ClNO4/c1-5-11-26-21(10-6-7-15(2)13-21)20(24)23-17-8-9-19(18(22)12-17)27-16(3)14-25-4/h8-9,12,15-16H,5-7,10-11,13-14H2,1-4H3,(H,23,24)/t15-,16+,21+/m0/s1. The largest absolute Gasteiger partial charge is 0.487 e. The highest BCUT2D eigenvalue weighted by atomic mass is 35.5. The lowest BCUT2D eigenvalue weighted by molar-refractivity contribution is -0.148. The van der Waals surface area contributed by atoms with Crippen molar-refractivity contribution >= 4 is 23.2 Å². The summed E-state index contributed by atoms with van der Waals surface area (Å²) >= 11 is 6.34. The van der Waals surface area contributed by atoms with E-state index in [9.17, 15) is 4.79 Å². The van der Waals surface area contributed by atoms with E-state index in [0.29, 0.717) is 35.6 Å². The van der Waals surface area contributed by atoms with Crippen LogP contribution >= 0.6 is 11.6 Å². The Bertz CT molecular complexity index is 624. The van der Waals surface area contributed by atoms with Crippen LogP contribution in [-0.4, -0.2) is 37.9 Å². The van der Waals surface area contributed by atoms with Crippen molar-refractivity contribution in [3.05, 3.63) is 23.2 Å². The number of ether oxygens (including phenoxy) is 3. The van der Waals surface area contributed by atoms with E-state index in [1.807, 2.05) is 6.92 Å². The highest BCUT2D eigenvalue weighted by Gasteiger charge is 2.42. The zero-order valence-electron chi connectivity index (χ0n) is 16.8. The van der Waals surface area contributed by atoms with Crippen LogP contribution in [0.5, 0.6) is 5.75 Å². The van der Waals surface area contributed by atoms with Crippen molar-refractivity contribution < 1.29 is 19.0 Å². The van der Waals surface area contributed by atoms with Gasteiger partial charge in [-0.25, -0.2) is 0 Å². The Kier molecular flexibility index (Phi) is 8.39. The van der Waals surface area contributed by atoms with Gasteiger partial charge < -0.3 is 19.5 Å². The number of amides is 1. The van der Waals surface area contributed by atoms with Crippen LogP contribution in [0.4, 0.5) is 5.69 Å². The number of benzene rings is 1. The second kappa shape index (κ2) is 10.3. The van der Waals surface area contributed by atoms with Crippen LogP contribution in [-0.2, 0) is 14.3 Å². The Balaban J connectivity index is 2.09. The van der Waals surface area contributed by atoms with Crippen molar-refractivity contribution in [3.63, 3.8) is 0 Å². The van der Waals surface area contributed by atoms with Gasteiger partial charge in [-0.2, -0.15) is 0 Å². The second-order valence-corrected chi connectivity index (χ2v) is 7.93. The molecule has 0 radical (unpaired) electrons. The number of carbonyl (C=O) groups excluding carboxylic acids is 1. The van der Waals surface area contributed by atoms with Crippen molar-refractivity contribution in [1.29, 1.82) is 0 Å². The minimum atomic E-state index is -0.748. The molecule has 1 aliphatic rings. The Morgan fingerprint density at radius 2 is 2.22 bits per heavy atom. The Hall–Kier alpha value is -1.30. The molecular weight excluding hydrogens is 366 g/mol. The number of anilines is 1. The first kappa shape index (κ1) is 22.0. The number of hydrogen-bond acceptors (Lipinski definition) is 4. The van der Waals surface area contributed by atoms with Crippen molar-refractivity contribution in [2.24, 2.45) is 5.92 Å². The SMILES string of the molecule is CCCO[C@]1(C(=O)Nc2ccc(O[C@H](C)COC)c(Cl)c2)CCC[C@H](C)C1. The minimum absolute atomic E-state index is 0.0833. The predicted octanol–water partition coefficient (Wildman–Crippen LogP) is 5.07. The molecule has 0 saturated heterocycles. The minimum Gasteiger partial charge on any atom is -0.487 e. The first-order valence-corrected chi connectivity index (χ1v) is 10.2. The Morgan fingerprint density at radius 1 is 1.44 bits per heavy atom. The molecule has 2 rings (SSSR count). The molecule has 0 heterocycles. The molecule has 27 heavy (non-hydrogen) atoms. The summed E-state index contributed by atoms with van der Waals surface area (Å²) in [6.45, 7) is 7.21. The lowest BCUT2D eigenvalue weighted by Crippen LogP contribution is -2.48. The van der Waals surface area contributed by atoms with Gasteiger partial charge in [0.1, 0.15) is 17.5 Å². The maximum absolute atomic E-state index is 13.1. The molecule has 6 heteroatoms. The van der Waals surface area contributed by atoms with E-state index >= 15 is 0 Å². The number of rotatable bonds is 9. The number of carbonyl (C=O) groups is 1. The third-order valence-corrected chi connectivity index (χ3v) is 5.17. The van der Waals surface area contributed by atoms with Gasteiger partial charge in [0, 0.05) is 19.4 Å². The van der Waals surface area contributed by atoms with E-state index in [0.717, 1.165) is 32.1 Å². The predicted molar refractivity (Wildman–Crippen MR) is 109 cm³/mol. The van der Waals surface area contributed by atoms with Gasteiger partial charge >= 0.3 is 0 Å². The molecule has 1 N–H and O–H groups in total. The maximum Gasteiger partial charge on any atom is 0.256 e. The third kappa shape index (κ3) is 6.09. The molecule has 0 spiro atoms. The Morgan fingerprint density at radius 3 is 2.85 bits per heavy atom. The topological polar surface area (TPSA) is 56.8 Å². The first-order valence-electron chi connectivity index (χ1n) is 9.80. The summed E-state index contributed by atoms with van der Waals surface area (Å²) in [4.78, 5) is 13.1. The van der Waals surface area contributed by atoms with Gasteiger partial charge in [0.15, 0.2) is 0 Å². The lowest BCUT2D eigenvalue weighted by Gasteiger charge is -2.38. The zero-order valence-corrected chi connectivity index (χ0v) is 17.6. The number of nitrogens with one attached hydrogen (secondary N) is 1. The molecular formula is C21H32ClNO4. The highest BCUT2D eigenvalue weighted by Crippen LogP contribution is 2.37. The molecule has 1 aliphatic carbocycles. The smallest absolute Gasteiger partial charge is 0.256 e. The van der Waals surface area contributed by atoms with Gasteiger partial charge in [-0.3, -0.25) is 4.79 Å². The van der Waals surface area contributed by atoms with Gasteiger partial charge in [0.05, 0.1) is 11.6 Å². The summed E-state index contributed by atoms with van der Waals surface area (Å²) < 4.78 is 16.9. The van der Waals surface area contributed by atoms with Gasteiger partial charge in [0.25, 0.3) is 5.91 Å². The molecule has 0 aliphatic heterocycles. The van der Waals surface area contributed by atoms with Gasteiger partial charge in [-0.1, -0.05) is 31.9 Å². The van der Waals surface area contributed by atoms with Crippen molar-refractivity contribution in [3.8, 4) is 5.75 Å². The Labute approximate surface area is 167 Å². The van der Waals surface area contributed by atoms with Gasteiger partial charge in [0.2, 0.25) is 0 Å². The molecule has 1 amide bonds. The van der Waals surface area contributed by atoms with Crippen LogP contribution in [0.15, 0.2) is 18.2 Å². The summed E-state index contributed by atoms with van der Waals surface area (Å²) in [5.41, 5.74) is -0.100. The summed E-state index contributed by atoms with van der Waals surface area (Å²) in [6, 6.07) is 5.29. The molecule has 1 saturated carbocycles. The molecule has 5 nitrogen and oxygen atoms in total. The average molecular weight is 398 g/mol. The van der Waals surface area contributed by atoms with Gasteiger partial charge in [-0.15, -0.1) is 0 Å². The number of methoxy groups -OCH3 is 1. The summed E-state index contributed by atoms with van der Waals surface area (Å²) in [6.07, 6.45) is 4.43. The summed E-state index contributed by atoms with van der Waals surface area (Å²) in [5, 5.41) is 3.45. The highest BCUT2D eigenvalue weighted by molar-refractivity contribution is 6.32. The molecule has 1 aromatic carbocycles. The molecule has 1 aromatic rings. The fourth-order valence-corrected chi connectivity index (χ4v) is 3.83. The zero-order chi connectivity index (χ0) is 19.9. The third-order valence-electron chi connectivity index (χ3n) is 4.87. The summed E-state index contributed by atoms with van der Waals surface area (Å²) in [7, 11) is 1.63. The van der Waals surface area contributed by atoms with E-state index < -0.39 is 5.60 Å². The normalized spacial score (nSPS) is 23.7. The second-order valence-electron chi connectivity index (χ2n) is 7.53. The van der Waals surface area contributed by atoms with E-state index in [1.165, 1.54) is 0 Å². The van der Waals surface area contributed by atoms with Crippen LogP contribution < -0.4 is 10.1 Å². The fourth-order valence-electron chi connectivity index (χ4n) is 3.61. The average Bonchev–Trinajstić information content (AvgIpc) is 2.62. The maximum atomic E-state index is 13.1. The van der Waals surface area contributed by atoms with E-state index in [1.54, 1.807) is 25.3 Å². The first-order chi connectivity index (χ1) is 12.9. The molecule has 0 aromatic heterocycles. The van der Waals surface area contributed by atoms with Crippen LogP contribution in [0, 0.1) is 5.92 Å². The van der Waals surface area contributed by atoms with Crippen molar-refractivity contribution in [2.75, 3.05) is 25.6 Å². The van der Waals surface area contributed by atoms with Crippen LogP contribution in [0.25, 0.3) is 0 Å². The van der Waals surface area contributed by atoms with Crippen molar-refractivity contribution in [1.82, 2.24) is 0 Å².